The lowest BCUT2D eigenvalue weighted by Gasteiger charge is -2.35. The maximum Gasteiger partial charge on any atom is 0.232 e. The molecule has 0 aromatic rings. The van der Waals surface area contributed by atoms with E-state index in [1.165, 1.54) is 25.7 Å². The molecule has 0 spiro atoms. The van der Waals surface area contributed by atoms with Crippen LogP contribution in [0.1, 0.15) is 39.5 Å². The van der Waals surface area contributed by atoms with E-state index in [1.54, 1.807) is 0 Å². The molecule has 17 heavy (non-hydrogen) atoms. The molecule has 0 bridgehead atoms. The summed E-state index contributed by atoms with van der Waals surface area (Å²) in [5, 5.41) is 0.731. The highest BCUT2D eigenvalue weighted by atomic mass is 32.2. The van der Waals surface area contributed by atoms with Crippen molar-refractivity contribution in [2.45, 2.75) is 57.0 Å². The quantitative estimate of drug-likeness (QED) is 0.777. The van der Waals surface area contributed by atoms with Crippen LogP contribution >= 0.6 is 11.8 Å². The van der Waals surface area contributed by atoms with Gasteiger partial charge in [-0.25, -0.2) is 0 Å². The second kappa shape index (κ2) is 6.10. The van der Waals surface area contributed by atoms with Crippen molar-refractivity contribution in [2.75, 3.05) is 18.8 Å². The van der Waals surface area contributed by atoms with Gasteiger partial charge in [0.1, 0.15) is 0 Å². The number of rotatable bonds is 3. The van der Waals surface area contributed by atoms with Crippen molar-refractivity contribution in [3.8, 4) is 0 Å². The van der Waals surface area contributed by atoms with E-state index in [0.29, 0.717) is 11.7 Å². The van der Waals surface area contributed by atoms with Crippen molar-refractivity contribution in [3.63, 3.8) is 0 Å². The molecule has 0 aromatic carbocycles. The fourth-order valence-electron chi connectivity index (χ4n) is 2.72. The van der Waals surface area contributed by atoms with Crippen LogP contribution in [0.15, 0.2) is 0 Å². The summed E-state index contributed by atoms with van der Waals surface area (Å²) in [5.41, 5.74) is 0. The van der Waals surface area contributed by atoms with Crippen molar-refractivity contribution in [1.82, 2.24) is 4.90 Å². The molecule has 1 amide bonds. The average molecular weight is 257 g/mol. The minimum atomic E-state index is 0.180. The van der Waals surface area contributed by atoms with Crippen LogP contribution in [0.4, 0.5) is 0 Å². The fourth-order valence-corrected chi connectivity index (χ4v) is 3.94. The Morgan fingerprint density at radius 3 is 2.41 bits per heavy atom. The van der Waals surface area contributed by atoms with Crippen LogP contribution in [-0.4, -0.2) is 47.1 Å². The molecule has 2 aliphatic rings. The van der Waals surface area contributed by atoms with E-state index in [4.69, 9.17) is 4.74 Å². The second-order valence-corrected chi connectivity index (χ2v) is 6.56. The summed E-state index contributed by atoms with van der Waals surface area (Å²) in [7, 11) is 0. The van der Waals surface area contributed by atoms with Gasteiger partial charge in [0.15, 0.2) is 0 Å². The monoisotopic (exact) mass is 257 g/mol. The summed E-state index contributed by atoms with van der Waals surface area (Å²) in [6.45, 7) is 5.60. The Labute approximate surface area is 108 Å². The maximum atomic E-state index is 12.1. The minimum absolute atomic E-state index is 0.180. The van der Waals surface area contributed by atoms with Crippen molar-refractivity contribution in [2.24, 2.45) is 0 Å². The van der Waals surface area contributed by atoms with Gasteiger partial charge < -0.3 is 9.64 Å². The Balaban J connectivity index is 1.74. The molecule has 1 heterocycles. The first-order valence-electron chi connectivity index (χ1n) is 6.70. The van der Waals surface area contributed by atoms with E-state index in [2.05, 4.69) is 0 Å². The molecule has 2 rings (SSSR count). The van der Waals surface area contributed by atoms with Gasteiger partial charge in [-0.1, -0.05) is 12.8 Å². The molecular formula is C13H23NO2S. The van der Waals surface area contributed by atoms with Gasteiger partial charge in [0.25, 0.3) is 0 Å². The summed E-state index contributed by atoms with van der Waals surface area (Å²) < 4.78 is 5.64. The molecule has 2 unspecified atom stereocenters. The Kier molecular flexibility index (Phi) is 4.74. The van der Waals surface area contributed by atoms with Gasteiger partial charge in [-0.15, -0.1) is 11.8 Å². The van der Waals surface area contributed by atoms with E-state index in [9.17, 15) is 4.79 Å². The lowest BCUT2D eigenvalue weighted by atomic mass is 10.2. The SMILES string of the molecule is CC1CN(C(=O)CSC2CCCC2)CC(C)O1. The van der Waals surface area contributed by atoms with E-state index in [1.807, 2.05) is 30.5 Å². The van der Waals surface area contributed by atoms with Gasteiger partial charge in [0.05, 0.1) is 18.0 Å². The number of carbonyl (C=O) groups excluding carboxylic acids is 1. The smallest absolute Gasteiger partial charge is 0.232 e. The largest absolute Gasteiger partial charge is 0.372 e. The van der Waals surface area contributed by atoms with Crippen LogP contribution < -0.4 is 0 Å². The Hall–Kier alpha value is -0.220. The maximum absolute atomic E-state index is 12.1. The third kappa shape index (κ3) is 3.88. The predicted molar refractivity (Wildman–Crippen MR) is 71.3 cm³/mol. The molecule has 3 nitrogen and oxygen atoms in total. The zero-order chi connectivity index (χ0) is 12.3. The number of carbonyl (C=O) groups is 1. The third-order valence-electron chi connectivity index (χ3n) is 3.52. The van der Waals surface area contributed by atoms with Crippen LogP contribution in [-0.2, 0) is 9.53 Å². The highest BCUT2D eigenvalue weighted by Gasteiger charge is 2.26. The summed E-state index contributed by atoms with van der Waals surface area (Å²) in [6.07, 6.45) is 5.65. The highest BCUT2D eigenvalue weighted by molar-refractivity contribution is 8.00. The third-order valence-corrected chi connectivity index (χ3v) is 4.87. The first kappa shape index (κ1) is 13.2. The molecule has 1 aliphatic carbocycles. The highest BCUT2D eigenvalue weighted by Crippen LogP contribution is 2.29. The molecule has 0 radical (unpaired) electrons. The van der Waals surface area contributed by atoms with Crippen LogP contribution in [0.2, 0.25) is 0 Å². The fraction of sp³-hybridized carbons (Fsp3) is 0.923. The number of amides is 1. The van der Waals surface area contributed by atoms with E-state index in [0.717, 1.165) is 18.3 Å². The van der Waals surface area contributed by atoms with Crippen LogP contribution in [0, 0.1) is 0 Å². The molecule has 1 saturated carbocycles. The van der Waals surface area contributed by atoms with E-state index < -0.39 is 0 Å². The predicted octanol–water partition coefficient (Wildman–Crippen LogP) is 2.30. The summed E-state index contributed by atoms with van der Waals surface area (Å²) >= 11 is 1.86. The number of hydrogen-bond donors (Lipinski definition) is 0. The average Bonchev–Trinajstić information content (AvgIpc) is 2.77. The Bertz CT molecular complexity index is 256. The van der Waals surface area contributed by atoms with E-state index >= 15 is 0 Å². The molecule has 0 aromatic heterocycles. The molecular weight excluding hydrogens is 234 g/mol. The summed E-state index contributed by atoms with van der Waals surface area (Å²) in [5.74, 6) is 0.952. The molecule has 98 valence electrons. The van der Waals surface area contributed by atoms with Crippen molar-refractivity contribution >= 4 is 17.7 Å². The lowest BCUT2D eigenvalue weighted by molar-refractivity contribution is -0.140. The Morgan fingerprint density at radius 2 is 1.82 bits per heavy atom. The van der Waals surface area contributed by atoms with Crippen LogP contribution in [0.3, 0.4) is 0 Å². The van der Waals surface area contributed by atoms with Gasteiger partial charge in [0.2, 0.25) is 5.91 Å². The van der Waals surface area contributed by atoms with Gasteiger partial charge in [-0.3, -0.25) is 4.79 Å². The zero-order valence-electron chi connectivity index (χ0n) is 10.9. The molecule has 2 fully saturated rings. The second-order valence-electron chi connectivity index (χ2n) is 5.27. The Morgan fingerprint density at radius 1 is 1.24 bits per heavy atom. The number of ether oxygens (including phenoxy) is 1. The van der Waals surface area contributed by atoms with Crippen LogP contribution in [0.25, 0.3) is 0 Å². The summed E-state index contributed by atoms with van der Waals surface area (Å²) in [4.78, 5) is 14.1. The molecule has 1 saturated heterocycles. The first-order chi connectivity index (χ1) is 8.15. The number of nitrogens with zero attached hydrogens (tertiary/aromatic N) is 1. The van der Waals surface area contributed by atoms with Crippen molar-refractivity contribution < 1.29 is 9.53 Å². The van der Waals surface area contributed by atoms with Crippen molar-refractivity contribution in [3.05, 3.63) is 0 Å². The van der Waals surface area contributed by atoms with E-state index in [-0.39, 0.29) is 12.2 Å². The number of thioether (sulfide) groups is 1. The van der Waals surface area contributed by atoms with Gasteiger partial charge in [-0.05, 0) is 26.7 Å². The van der Waals surface area contributed by atoms with Gasteiger partial charge in [0, 0.05) is 18.3 Å². The number of hydrogen-bond acceptors (Lipinski definition) is 3. The standard InChI is InChI=1S/C13H23NO2S/c1-10-7-14(8-11(2)16-10)13(15)9-17-12-5-3-4-6-12/h10-12H,3-9H2,1-2H3. The van der Waals surface area contributed by atoms with Gasteiger partial charge >= 0.3 is 0 Å². The lowest BCUT2D eigenvalue weighted by Crippen LogP contribution is -2.48. The topological polar surface area (TPSA) is 29.5 Å². The molecule has 1 aliphatic heterocycles. The molecule has 0 N–H and O–H groups in total. The zero-order valence-corrected chi connectivity index (χ0v) is 11.7. The summed E-state index contributed by atoms with van der Waals surface area (Å²) in [6, 6.07) is 0. The normalized spacial score (nSPS) is 30.8. The van der Waals surface area contributed by atoms with Crippen molar-refractivity contribution in [1.29, 1.82) is 0 Å². The van der Waals surface area contributed by atoms with Crippen LogP contribution in [0.5, 0.6) is 0 Å². The first-order valence-corrected chi connectivity index (χ1v) is 7.75. The number of morpholine rings is 1. The van der Waals surface area contributed by atoms with Gasteiger partial charge in [-0.2, -0.15) is 0 Å². The minimum Gasteiger partial charge on any atom is -0.372 e. The molecule has 4 heteroatoms. The molecule has 2 atom stereocenters.